The molecule has 1 aromatic rings. The van der Waals surface area contributed by atoms with Gasteiger partial charge in [-0.3, -0.25) is 0 Å². The molecule has 2 unspecified atom stereocenters. The molecule has 0 aliphatic rings. The highest BCUT2D eigenvalue weighted by molar-refractivity contribution is 9.10. The van der Waals surface area contributed by atoms with Crippen molar-refractivity contribution in [1.82, 2.24) is 0 Å². The van der Waals surface area contributed by atoms with Crippen molar-refractivity contribution in [3.05, 3.63) is 28.2 Å². The molecule has 0 fully saturated rings. The van der Waals surface area contributed by atoms with Crippen LogP contribution in [0.25, 0.3) is 0 Å². The number of hydrogen-bond donors (Lipinski definition) is 0. The first-order chi connectivity index (χ1) is 8.13. The largest absolute Gasteiger partial charge is 0.496 e. The molecule has 0 aliphatic heterocycles. The molecule has 0 aliphatic carbocycles. The van der Waals surface area contributed by atoms with E-state index < -0.39 is 0 Å². The van der Waals surface area contributed by atoms with E-state index in [1.54, 1.807) is 7.11 Å². The summed E-state index contributed by atoms with van der Waals surface area (Å²) in [5.41, 5.74) is 1.12. The Morgan fingerprint density at radius 3 is 2.71 bits per heavy atom. The molecule has 0 amide bonds. The van der Waals surface area contributed by atoms with Crippen LogP contribution in [0.3, 0.4) is 0 Å². The summed E-state index contributed by atoms with van der Waals surface area (Å²) in [5.74, 6) is 1.57. The van der Waals surface area contributed by atoms with Gasteiger partial charge in [0.05, 0.1) is 13.2 Å². The SMILES string of the molecule is CCC(C)C(CC#N)c1cc(Br)ccc1OC. The Balaban J connectivity index is 3.16. The Morgan fingerprint density at radius 2 is 2.18 bits per heavy atom. The van der Waals surface area contributed by atoms with Crippen LogP contribution in [0.1, 0.15) is 38.2 Å². The van der Waals surface area contributed by atoms with E-state index in [1.165, 1.54) is 0 Å². The number of rotatable bonds is 5. The van der Waals surface area contributed by atoms with Crippen LogP contribution in [0.4, 0.5) is 0 Å². The highest BCUT2D eigenvalue weighted by Crippen LogP contribution is 2.37. The highest BCUT2D eigenvalue weighted by atomic mass is 79.9. The van der Waals surface area contributed by atoms with Gasteiger partial charge in [0.15, 0.2) is 0 Å². The maximum absolute atomic E-state index is 8.97. The van der Waals surface area contributed by atoms with Gasteiger partial charge in [-0.1, -0.05) is 36.2 Å². The Hall–Kier alpha value is -1.01. The van der Waals surface area contributed by atoms with E-state index in [0.717, 1.165) is 22.2 Å². The second kappa shape index (κ2) is 6.66. The molecule has 0 radical (unpaired) electrons. The van der Waals surface area contributed by atoms with Crippen molar-refractivity contribution in [2.45, 2.75) is 32.6 Å². The van der Waals surface area contributed by atoms with E-state index >= 15 is 0 Å². The van der Waals surface area contributed by atoms with Gasteiger partial charge in [-0.2, -0.15) is 5.26 Å². The van der Waals surface area contributed by atoms with Crippen molar-refractivity contribution < 1.29 is 4.74 Å². The van der Waals surface area contributed by atoms with Crippen LogP contribution in [0.5, 0.6) is 5.75 Å². The van der Waals surface area contributed by atoms with E-state index in [2.05, 4.69) is 41.9 Å². The van der Waals surface area contributed by atoms with Crippen LogP contribution < -0.4 is 4.74 Å². The molecule has 92 valence electrons. The minimum atomic E-state index is 0.234. The van der Waals surface area contributed by atoms with Crippen molar-refractivity contribution in [3.8, 4) is 11.8 Å². The minimum absolute atomic E-state index is 0.234. The molecule has 0 aromatic heterocycles. The van der Waals surface area contributed by atoms with Crippen LogP contribution in [0, 0.1) is 17.2 Å². The fraction of sp³-hybridized carbons (Fsp3) is 0.500. The second-order valence-electron chi connectivity index (χ2n) is 4.24. The summed E-state index contributed by atoms with van der Waals surface area (Å²) in [5, 5.41) is 8.97. The molecule has 3 heteroatoms. The van der Waals surface area contributed by atoms with Crippen LogP contribution >= 0.6 is 15.9 Å². The van der Waals surface area contributed by atoms with Gasteiger partial charge in [-0.05, 0) is 29.7 Å². The summed E-state index contributed by atoms with van der Waals surface area (Å²) in [7, 11) is 1.67. The number of nitriles is 1. The average molecular weight is 296 g/mol. The third-order valence-corrected chi connectivity index (χ3v) is 3.73. The number of methoxy groups -OCH3 is 1. The first-order valence-corrected chi connectivity index (χ1v) is 6.63. The maximum atomic E-state index is 8.97. The summed E-state index contributed by atoms with van der Waals surface area (Å²) in [6.07, 6.45) is 1.59. The zero-order valence-electron chi connectivity index (χ0n) is 10.5. The topological polar surface area (TPSA) is 33.0 Å². The molecule has 1 aromatic carbocycles. The van der Waals surface area contributed by atoms with Crippen LogP contribution in [0.2, 0.25) is 0 Å². The predicted molar refractivity (Wildman–Crippen MR) is 73.1 cm³/mol. The van der Waals surface area contributed by atoms with E-state index in [0.29, 0.717) is 12.3 Å². The van der Waals surface area contributed by atoms with Gasteiger partial charge in [-0.25, -0.2) is 0 Å². The fourth-order valence-electron chi connectivity index (χ4n) is 2.00. The number of halogens is 1. The third-order valence-electron chi connectivity index (χ3n) is 3.23. The number of ether oxygens (including phenoxy) is 1. The molecular formula is C14H18BrNO. The number of hydrogen-bond acceptors (Lipinski definition) is 2. The molecule has 1 rings (SSSR count). The lowest BCUT2D eigenvalue weighted by Crippen LogP contribution is -2.10. The van der Waals surface area contributed by atoms with Crippen molar-refractivity contribution in [1.29, 1.82) is 5.26 Å². The Bertz CT molecular complexity index is 411. The molecule has 0 N–H and O–H groups in total. The van der Waals surface area contributed by atoms with Gasteiger partial charge in [0.25, 0.3) is 0 Å². The molecular weight excluding hydrogens is 278 g/mol. The quantitative estimate of drug-likeness (QED) is 0.801. The predicted octanol–water partition coefficient (Wildman–Crippen LogP) is 4.50. The first-order valence-electron chi connectivity index (χ1n) is 5.84. The van der Waals surface area contributed by atoms with Gasteiger partial charge in [0.2, 0.25) is 0 Å². The summed E-state index contributed by atoms with van der Waals surface area (Å²) < 4.78 is 6.42. The van der Waals surface area contributed by atoms with E-state index in [-0.39, 0.29) is 5.92 Å². The Morgan fingerprint density at radius 1 is 1.47 bits per heavy atom. The fourth-order valence-corrected chi connectivity index (χ4v) is 2.37. The van der Waals surface area contributed by atoms with Crippen molar-refractivity contribution >= 4 is 15.9 Å². The highest BCUT2D eigenvalue weighted by Gasteiger charge is 2.21. The summed E-state index contributed by atoms with van der Waals surface area (Å²) in [4.78, 5) is 0. The van der Waals surface area contributed by atoms with E-state index in [4.69, 9.17) is 10.00 Å². The number of benzene rings is 1. The first kappa shape index (κ1) is 14.1. The molecule has 0 saturated carbocycles. The molecule has 17 heavy (non-hydrogen) atoms. The van der Waals surface area contributed by atoms with E-state index in [9.17, 15) is 0 Å². The van der Waals surface area contributed by atoms with Gasteiger partial charge >= 0.3 is 0 Å². The second-order valence-corrected chi connectivity index (χ2v) is 5.16. The maximum Gasteiger partial charge on any atom is 0.122 e. The average Bonchev–Trinajstić information content (AvgIpc) is 2.35. The number of nitrogens with zero attached hydrogens (tertiary/aromatic N) is 1. The van der Waals surface area contributed by atoms with Crippen molar-refractivity contribution in [2.24, 2.45) is 5.92 Å². The Kier molecular flexibility index (Phi) is 5.50. The lowest BCUT2D eigenvalue weighted by atomic mass is 9.83. The summed E-state index contributed by atoms with van der Waals surface area (Å²) in [6.45, 7) is 4.34. The van der Waals surface area contributed by atoms with Gasteiger partial charge < -0.3 is 4.74 Å². The third kappa shape index (κ3) is 3.47. The minimum Gasteiger partial charge on any atom is -0.496 e. The van der Waals surface area contributed by atoms with Crippen molar-refractivity contribution in [2.75, 3.05) is 7.11 Å². The smallest absolute Gasteiger partial charge is 0.122 e. The van der Waals surface area contributed by atoms with Crippen LogP contribution in [-0.4, -0.2) is 7.11 Å². The van der Waals surface area contributed by atoms with Gasteiger partial charge in [0, 0.05) is 16.8 Å². The Labute approximate surface area is 112 Å². The molecule has 0 bridgehead atoms. The van der Waals surface area contributed by atoms with Crippen molar-refractivity contribution in [3.63, 3.8) is 0 Å². The van der Waals surface area contributed by atoms with Crippen LogP contribution in [0.15, 0.2) is 22.7 Å². The lowest BCUT2D eigenvalue weighted by molar-refractivity contribution is 0.386. The zero-order chi connectivity index (χ0) is 12.8. The monoisotopic (exact) mass is 295 g/mol. The normalized spacial score (nSPS) is 13.8. The molecule has 0 saturated heterocycles. The van der Waals surface area contributed by atoms with Gasteiger partial charge in [-0.15, -0.1) is 0 Å². The zero-order valence-corrected chi connectivity index (χ0v) is 12.1. The van der Waals surface area contributed by atoms with E-state index in [1.807, 2.05) is 12.1 Å². The molecule has 0 spiro atoms. The van der Waals surface area contributed by atoms with Crippen LogP contribution in [-0.2, 0) is 0 Å². The summed E-state index contributed by atoms with van der Waals surface area (Å²) >= 11 is 3.48. The van der Waals surface area contributed by atoms with Gasteiger partial charge in [0.1, 0.15) is 5.75 Å². The summed E-state index contributed by atoms with van der Waals surface area (Å²) in [6, 6.07) is 8.26. The standard InChI is InChI=1S/C14H18BrNO/c1-4-10(2)12(7-8-16)13-9-11(15)5-6-14(13)17-3/h5-6,9-10,12H,4,7H2,1-3H3. The molecule has 2 atom stereocenters. The molecule has 0 heterocycles. The lowest BCUT2D eigenvalue weighted by Gasteiger charge is -2.23. The molecule has 2 nitrogen and oxygen atoms in total.